The van der Waals surface area contributed by atoms with Crippen molar-refractivity contribution in [3.05, 3.63) is 48.5 Å². The molecule has 0 bridgehead atoms. The molecule has 0 aliphatic carbocycles. The first-order chi connectivity index (χ1) is 15.2. The summed E-state index contributed by atoms with van der Waals surface area (Å²) in [6.07, 6.45) is 7.05. The van der Waals surface area contributed by atoms with Crippen LogP contribution in [0.1, 0.15) is 45.4 Å². The van der Waals surface area contributed by atoms with Gasteiger partial charge in [0.1, 0.15) is 18.1 Å². The number of rotatable bonds is 13. The molecule has 2 aromatic carbocycles. The van der Waals surface area contributed by atoms with Crippen molar-refractivity contribution in [3.8, 4) is 11.5 Å². The summed E-state index contributed by atoms with van der Waals surface area (Å²) >= 11 is 0. The van der Waals surface area contributed by atoms with E-state index in [2.05, 4.69) is 17.6 Å². The fraction of sp³-hybridized carbons (Fsp3) is 0.480. The molecule has 168 valence electrons. The van der Waals surface area contributed by atoms with Crippen LogP contribution >= 0.6 is 0 Å². The van der Waals surface area contributed by atoms with E-state index < -0.39 is 0 Å². The first-order valence-electron chi connectivity index (χ1n) is 11.3. The molecule has 2 aromatic rings. The summed E-state index contributed by atoms with van der Waals surface area (Å²) < 4.78 is 17.1. The third-order valence-electron chi connectivity index (χ3n) is 5.15. The highest BCUT2D eigenvalue weighted by atomic mass is 16.5. The second-order valence-electron chi connectivity index (χ2n) is 7.81. The molecular formula is C25H34N2O4. The van der Waals surface area contributed by atoms with Gasteiger partial charge in [0.05, 0.1) is 19.3 Å². The van der Waals surface area contributed by atoms with Crippen molar-refractivity contribution in [2.75, 3.05) is 37.0 Å². The Bertz CT molecular complexity index is 788. The van der Waals surface area contributed by atoms with E-state index in [1.165, 1.54) is 19.3 Å². The van der Waals surface area contributed by atoms with Gasteiger partial charge in [0, 0.05) is 24.0 Å². The average molecular weight is 427 g/mol. The van der Waals surface area contributed by atoms with Gasteiger partial charge in [-0.15, -0.1) is 0 Å². The monoisotopic (exact) mass is 426 g/mol. The lowest BCUT2D eigenvalue weighted by Crippen LogP contribution is -2.21. The van der Waals surface area contributed by atoms with Crippen LogP contribution in [0.15, 0.2) is 48.5 Å². The lowest BCUT2D eigenvalue weighted by molar-refractivity contribution is -0.114. The number of hydrogen-bond acceptors (Lipinski definition) is 5. The van der Waals surface area contributed by atoms with Gasteiger partial charge in [-0.3, -0.25) is 4.79 Å². The molecule has 1 aliphatic heterocycles. The highest BCUT2D eigenvalue weighted by Gasteiger charge is 2.16. The van der Waals surface area contributed by atoms with Crippen LogP contribution in [0.4, 0.5) is 11.4 Å². The van der Waals surface area contributed by atoms with E-state index in [1.807, 2.05) is 48.5 Å². The first kappa shape index (κ1) is 22.9. The molecule has 31 heavy (non-hydrogen) atoms. The SMILES string of the molecule is CCCCCCOc1ccc(NCC(=O)Nc2cccc(OCC3CCCO3)c2)cc1. The van der Waals surface area contributed by atoms with Crippen molar-refractivity contribution < 1.29 is 19.0 Å². The number of carbonyl (C=O) groups is 1. The van der Waals surface area contributed by atoms with E-state index in [4.69, 9.17) is 14.2 Å². The molecule has 1 saturated heterocycles. The van der Waals surface area contributed by atoms with Gasteiger partial charge in [0.25, 0.3) is 0 Å². The number of amides is 1. The molecule has 3 rings (SSSR count). The van der Waals surface area contributed by atoms with Gasteiger partial charge in [-0.1, -0.05) is 32.3 Å². The Morgan fingerprint density at radius 2 is 1.90 bits per heavy atom. The van der Waals surface area contributed by atoms with Crippen LogP contribution in [-0.4, -0.2) is 38.4 Å². The van der Waals surface area contributed by atoms with E-state index in [-0.39, 0.29) is 18.6 Å². The highest BCUT2D eigenvalue weighted by Crippen LogP contribution is 2.20. The zero-order valence-electron chi connectivity index (χ0n) is 18.4. The van der Waals surface area contributed by atoms with Crippen LogP contribution in [0, 0.1) is 0 Å². The normalized spacial score (nSPS) is 15.5. The molecule has 6 heteroatoms. The number of ether oxygens (including phenoxy) is 3. The van der Waals surface area contributed by atoms with Crippen LogP contribution in [0.5, 0.6) is 11.5 Å². The third-order valence-corrected chi connectivity index (χ3v) is 5.15. The zero-order chi connectivity index (χ0) is 21.7. The van der Waals surface area contributed by atoms with Crippen molar-refractivity contribution in [2.24, 2.45) is 0 Å². The number of unbranched alkanes of at least 4 members (excludes halogenated alkanes) is 3. The van der Waals surface area contributed by atoms with Crippen LogP contribution in [0.3, 0.4) is 0 Å². The lowest BCUT2D eigenvalue weighted by atomic mass is 10.2. The minimum absolute atomic E-state index is 0.118. The predicted octanol–water partition coefficient (Wildman–Crippen LogP) is 5.25. The van der Waals surface area contributed by atoms with Gasteiger partial charge in [-0.25, -0.2) is 0 Å². The Morgan fingerprint density at radius 1 is 1.03 bits per heavy atom. The average Bonchev–Trinajstić information content (AvgIpc) is 3.31. The standard InChI is InChI=1S/C25H34N2O4/c1-2-3-4-5-15-29-22-13-11-20(12-14-22)26-18-25(28)27-21-8-6-9-23(17-21)31-19-24-10-7-16-30-24/h6,8-9,11-14,17,24,26H,2-5,7,10,15-16,18-19H2,1H3,(H,27,28). The van der Waals surface area contributed by atoms with Crippen molar-refractivity contribution in [1.29, 1.82) is 0 Å². The molecule has 0 spiro atoms. The third kappa shape index (κ3) is 8.50. The summed E-state index contributed by atoms with van der Waals surface area (Å²) in [6.45, 7) is 4.47. The Hall–Kier alpha value is -2.73. The molecular weight excluding hydrogens is 392 g/mol. The molecule has 0 aromatic heterocycles. The van der Waals surface area contributed by atoms with Gasteiger partial charge in [0.2, 0.25) is 5.91 Å². The van der Waals surface area contributed by atoms with Gasteiger partial charge >= 0.3 is 0 Å². The summed E-state index contributed by atoms with van der Waals surface area (Å²) in [4.78, 5) is 12.3. The van der Waals surface area contributed by atoms with Gasteiger partial charge in [0.15, 0.2) is 0 Å². The Morgan fingerprint density at radius 3 is 2.68 bits per heavy atom. The Kier molecular flexibility index (Phi) is 9.51. The topological polar surface area (TPSA) is 68.8 Å². The van der Waals surface area contributed by atoms with Crippen LogP contribution in [-0.2, 0) is 9.53 Å². The Balaban J connectivity index is 1.37. The zero-order valence-corrected chi connectivity index (χ0v) is 18.4. The Labute approximate surface area is 185 Å². The van der Waals surface area contributed by atoms with Gasteiger partial charge < -0.3 is 24.8 Å². The molecule has 1 heterocycles. The second kappa shape index (κ2) is 12.8. The summed E-state index contributed by atoms with van der Waals surface area (Å²) in [5, 5.41) is 6.04. The van der Waals surface area contributed by atoms with E-state index in [0.29, 0.717) is 12.3 Å². The van der Waals surface area contributed by atoms with Crippen molar-refractivity contribution in [3.63, 3.8) is 0 Å². The van der Waals surface area contributed by atoms with E-state index in [0.717, 1.165) is 49.7 Å². The van der Waals surface area contributed by atoms with Crippen LogP contribution in [0.2, 0.25) is 0 Å². The van der Waals surface area contributed by atoms with Crippen LogP contribution in [0.25, 0.3) is 0 Å². The summed E-state index contributed by atoms with van der Waals surface area (Å²) in [7, 11) is 0. The fourth-order valence-electron chi connectivity index (χ4n) is 3.40. The molecule has 0 saturated carbocycles. The van der Waals surface area contributed by atoms with E-state index in [1.54, 1.807) is 0 Å². The molecule has 0 radical (unpaired) electrons. The molecule has 2 N–H and O–H groups in total. The number of benzene rings is 2. The number of hydrogen-bond donors (Lipinski definition) is 2. The van der Waals surface area contributed by atoms with Crippen LogP contribution < -0.4 is 20.1 Å². The first-order valence-corrected chi connectivity index (χ1v) is 11.3. The maximum atomic E-state index is 12.3. The predicted molar refractivity (Wildman–Crippen MR) is 124 cm³/mol. The molecule has 1 unspecified atom stereocenters. The van der Waals surface area contributed by atoms with E-state index in [9.17, 15) is 4.79 Å². The lowest BCUT2D eigenvalue weighted by Gasteiger charge is -2.13. The molecule has 1 fully saturated rings. The smallest absolute Gasteiger partial charge is 0.243 e. The highest BCUT2D eigenvalue weighted by molar-refractivity contribution is 5.93. The molecule has 6 nitrogen and oxygen atoms in total. The minimum atomic E-state index is -0.118. The number of carbonyl (C=O) groups excluding carboxylic acids is 1. The van der Waals surface area contributed by atoms with Gasteiger partial charge in [-0.05, 0) is 55.7 Å². The largest absolute Gasteiger partial charge is 0.494 e. The maximum absolute atomic E-state index is 12.3. The molecule has 1 amide bonds. The molecule has 1 aliphatic rings. The van der Waals surface area contributed by atoms with Crippen molar-refractivity contribution >= 4 is 17.3 Å². The maximum Gasteiger partial charge on any atom is 0.243 e. The number of nitrogens with one attached hydrogen (secondary N) is 2. The van der Waals surface area contributed by atoms with Crippen molar-refractivity contribution in [1.82, 2.24) is 0 Å². The second-order valence-corrected chi connectivity index (χ2v) is 7.81. The summed E-state index contributed by atoms with van der Waals surface area (Å²) in [5.74, 6) is 1.46. The van der Waals surface area contributed by atoms with Gasteiger partial charge in [-0.2, -0.15) is 0 Å². The minimum Gasteiger partial charge on any atom is -0.494 e. The summed E-state index contributed by atoms with van der Waals surface area (Å²) in [6, 6.07) is 15.1. The fourth-order valence-corrected chi connectivity index (χ4v) is 3.40. The number of anilines is 2. The van der Waals surface area contributed by atoms with Crippen molar-refractivity contribution in [2.45, 2.75) is 51.6 Å². The van der Waals surface area contributed by atoms with E-state index >= 15 is 0 Å². The molecule has 1 atom stereocenters. The quantitative estimate of drug-likeness (QED) is 0.428. The summed E-state index contributed by atoms with van der Waals surface area (Å²) in [5.41, 5.74) is 1.59.